The van der Waals surface area contributed by atoms with Crippen molar-refractivity contribution in [2.24, 2.45) is 7.05 Å². The highest BCUT2D eigenvalue weighted by atomic mass is 16.5. The lowest BCUT2D eigenvalue weighted by Crippen LogP contribution is -2.47. The number of amides is 1. The van der Waals surface area contributed by atoms with Crippen LogP contribution in [0.1, 0.15) is 30.0 Å². The van der Waals surface area contributed by atoms with Gasteiger partial charge in [0.05, 0.1) is 17.9 Å². The van der Waals surface area contributed by atoms with Crippen LogP contribution in [-0.4, -0.2) is 59.0 Å². The van der Waals surface area contributed by atoms with E-state index in [1.807, 2.05) is 6.92 Å². The van der Waals surface area contributed by atoms with Gasteiger partial charge in [0.1, 0.15) is 5.69 Å². The monoisotopic (exact) mass is 280 g/mol. The van der Waals surface area contributed by atoms with Crippen LogP contribution in [0.5, 0.6) is 0 Å². The summed E-state index contributed by atoms with van der Waals surface area (Å²) in [7, 11) is 1.78. The topological polar surface area (TPSA) is 59.4 Å². The minimum absolute atomic E-state index is 0.0672. The predicted molar refractivity (Wildman–Crippen MR) is 76.7 cm³/mol. The van der Waals surface area contributed by atoms with E-state index in [-0.39, 0.29) is 18.1 Å². The number of rotatable bonds is 4. The van der Waals surface area contributed by atoms with Gasteiger partial charge < -0.3 is 10.1 Å². The molecule has 0 radical (unpaired) electrons. The zero-order valence-electron chi connectivity index (χ0n) is 12.7. The second-order valence-corrected chi connectivity index (χ2v) is 5.57. The van der Waals surface area contributed by atoms with E-state index in [4.69, 9.17) is 4.74 Å². The molecule has 1 aromatic heterocycles. The third-order valence-corrected chi connectivity index (χ3v) is 3.44. The summed E-state index contributed by atoms with van der Waals surface area (Å²) in [5.41, 5.74) is 1.46. The Bertz CT molecular complexity index is 462. The van der Waals surface area contributed by atoms with Gasteiger partial charge >= 0.3 is 0 Å². The number of aryl methyl sites for hydroxylation is 2. The lowest BCUT2D eigenvalue weighted by molar-refractivity contribution is -0.0672. The first-order valence-electron chi connectivity index (χ1n) is 7.12. The van der Waals surface area contributed by atoms with Crippen LogP contribution in [0.4, 0.5) is 0 Å². The lowest BCUT2D eigenvalue weighted by atomic mass is 10.2. The molecule has 0 aromatic carbocycles. The second kappa shape index (κ2) is 6.37. The van der Waals surface area contributed by atoms with Crippen LogP contribution in [0.25, 0.3) is 0 Å². The van der Waals surface area contributed by atoms with Gasteiger partial charge in [-0.1, -0.05) is 0 Å². The third-order valence-electron chi connectivity index (χ3n) is 3.44. The van der Waals surface area contributed by atoms with Crippen molar-refractivity contribution in [3.05, 3.63) is 17.5 Å². The maximum absolute atomic E-state index is 12.0. The molecular formula is C14H24N4O2. The fraction of sp³-hybridized carbons (Fsp3) is 0.714. The number of nitrogens with one attached hydrogen (secondary N) is 1. The minimum atomic E-state index is -0.0672. The van der Waals surface area contributed by atoms with Crippen LogP contribution in [0.3, 0.4) is 0 Å². The highest BCUT2D eigenvalue weighted by Crippen LogP contribution is 2.09. The van der Waals surface area contributed by atoms with Crippen molar-refractivity contribution in [1.29, 1.82) is 0 Å². The van der Waals surface area contributed by atoms with Crippen LogP contribution in [-0.2, 0) is 11.8 Å². The number of aromatic nitrogens is 2. The van der Waals surface area contributed by atoms with Crippen molar-refractivity contribution in [1.82, 2.24) is 20.0 Å². The summed E-state index contributed by atoms with van der Waals surface area (Å²) in [5.74, 6) is -0.0672. The summed E-state index contributed by atoms with van der Waals surface area (Å²) in [5, 5.41) is 7.13. The zero-order valence-corrected chi connectivity index (χ0v) is 12.7. The molecule has 1 N–H and O–H groups in total. The number of carbonyl (C=O) groups excluding carboxylic acids is 1. The second-order valence-electron chi connectivity index (χ2n) is 5.57. The summed E-state index contributed by atoms with van der Waals surface area (Å²) in [6.45, 7) is 9.38. The van der Waals surface area contributed by atoms with E-state index in [0.29, 0.717) is 12.2 Å². The Kier molecular flexibility index (Phi) is 4.77. The van der Waals surface area contributed by atoms with E-state index in [1.54, 1.807) is 17.8 Å². The first-order valence-corrected chi connectivity index (χ1v) is 7.12. The van der Waals surface area contributed by atoms with Crippen molar-refractivity contribution in [3.8, 4) is 0 Å². The fourth-order valence-electron chi connectivity index (χ4n) is 2.71. The summed E-state index contributed by atoms with van der Waals surface area (Å²) < 4.78 is 7.31. The molecule has 1 aliphatic rings. The van der Waals surface area contributed by atoms with Gasteiger partial charge in [-0.25, -0.2) is 0 Å². The molecule has 0 unspecified atom stereocenters. The summed E-state index contributed by atoms with van der Waals surface area (Å²) in [4.78, 5) is 14.4. The molecule has 6 nitrogen and oxygen atoms in total. The van der Waals surface area contributed by atoms with Crippen LogP contribution >= 0.6 is 0 Å². The highest BCUT2D eigenvalue weighted by molar-refractivity contribution is 5.92. The van der Waals surface area contributed by atoms with Crippen molar-refractivity contribution < 1.29 is 9.53 Å². The average Bonchev–Trinajstić information content (AvgIpc) is 2.67. The molecule has 1 saturated heterocycles. The quantitative estimate of drug-likeness (QED) is 0.876. The van der Waals surface area contributed by atoms with Crippen LogP contribution in [0.15, 0.2) is 6.07 Å². The normalized spacial score (nSPS) is 23.8. The van der Waals surface area contributed by atoms with Gasteiger partial charge in [-0.3, -0.25) is 14.4 Å². The Morgan fingerprint density at radius 2 is 2.10 bits per heavy atom. The molecular weight excluding hydrogens is 256 g/mol. The molecule has 1 aromatic rings. The summed E-state index contributed by atoms with van der Waals surface area (Å²) >= 11 is 0. The number of nitrogens with zero attached hydrogens (tertiary/aromatic N) is 3. The van der Waals surface area contributed by atoms with E-state index >= 15 is 0 Å². The SMILES string of the molecule is Cc1cc(C(=O)NCCN2C[C@@H](C)O[C@H](C)C2)n(C)n1. The predicted octanol–water partition coefficient (Wildman–Crippen LogP) is 0.568. The van der Waals surface area contributed by atoms with E-state index in [0.717, 1.165) is 25.3 Å². The largest absolute Gasteiger partial charge is 0.373 e. The van der Waals surface area contributed by atoms with E-state index in [2.05, 4.69) is 29.2 Å². The van der Waals surface area contributed by atoms with Crippen molar-refractivity contribution in [2.45, 2.75) is 33.0 Å². The molecule has 1 aliphatic heterocycles. The zero-order chi connectivity index (χ0) is 14.7. The first-order chi connectivity index (χ1) is 9.45. The molecule has 6 heteroatoms. The van der Waals surface area contributed by atoms with Crippen LogP contribution in [0, 0.1) is 6.92 Å². The molecule has 1 amide bonds. The summed E-state index contributed by atoms with van der Waals surface area (Å²) in [6.07, 6.45) is 0.517. The molecule has 2 heterocycles. The van der Waals surface area contributed by atoms with E-state index in [1.165, 1.54) is 0 Å². The Morgan fingerprint density at radius 3 is 2.65 bits per heavy atom. The summed E-state index contributed by atoms with van der Waals surface area (Å²) in [6, 6.07) is 1.80. The molecule has 1 fully saturated rings. The molecule has 0 bridgehead atoms. The number of carbonyl (C=O) groups is 1. The number of ether oxygens (including phenoxy) is 1. The molecule has 0 aliphatic carbocycles. The Morgan fingerprint density at radius 1 is 1.45 bits per heavy atom. The van der Waals surface area contributed by atoms with Crippen molar-refractivity contribution in [2.75, 3.05) is 26.2 Å². The number of hydrogen-bond donors (Lipinski definition) is 1. The van der Waals surface area contributed by atoms with Crippen molar-refractivity contribution in [3.63, 3.8) is 0 Å². The Labute approximate surface area is 120 Å². The van der Waals surface area contributed by atoms with Crippen molar-refractivity contribution >= 4 is 5.91 Å². The Balaban J connectivity index is 1.78. The third kappa shape index (κ3) is 3.80. The average molecular weight is 280 g/mol. The van der Waals surface area contributed by atoms with Crippen LogP contribution < -0.4 is 5.32 Å². The molecule has 0 saturated carbocycles. The smallest absolute Gasteiger partial charge is 0.269 e. The highest BCUT2D eigenvalue weighted by Gasteiger charge is 2.21. The van der Waals surface area contributed by atoms with Gasteiger partial charge in [0.25, 0.3) is 5.91 Å². The molecule has 2 atom stereocenters. The van der Waals surface area contributed by atoms with Gasteiger partial charge in [-0.15, -0.1) is 0 Å². The van der Waals surface area contributed by atoms with E-state index in [9.17, 15) is 4.79 Å². The Hall–Kier alpha value is -1.40. The van der Waals surface area contributed by atoms with Crippen LogP contribution in [0.2, 0.25) is 0 Å². The van der Waals surface area contributed by atoms with E-state index < -0.39 is 0 Å². The minimum Gasteiger partial charge on any atom is -0.373 e. The van der Waals surface area contributed by atoms with Gasteiger partial charge in [0, 0.05) is 33.2 Å². The van der Waals surface area contributed by atoms with Gasteiger partial charge in [-0.2, -0.15) is 5.10 Å². The maximum atomic E-state index is 12.0. The van der Waals surface area contributed by atoms with Gasteiger partial charge in [0.2, 0.25) is 0 Å². The first kappa shape index (κ1) is 15.0. The van der Waals surface area contributed by atoms with Gasteiger partial charge in [-0.05, 0) is 26.8 Å². The standard InChI is InChI=1S/C14H24N4O2/c1-10-7-13(17(4)16-10)14(19)15-5-6-18-8-11(2)20-12(3)9-18/h7,11-12H,5-6,8-9H2,1-4H3,(H,15,19)/t11-,12-/m1/s1. The molecule has 0 spiro atoms. The maximum Gasteiger partial charge on any atom is 0.269 e. The molecule has 2 rings (SSSR count). The number of hydrogen-bond acceptors (Lipinski definition) is 4. The molecule has 20 heavy (non-hydrogen) atoms. The lowest BCUT2D eigenvalue weighted by Gasteiger charge is -2.35. The van der Waals surface area contributed by atoms with Gasteiger partial charge in [0.15, 0.2) is 0 Å². The fourth-order valence-corrected chi connectivity index (χ4v) is 2.71. The molecule has 112 valence electrons. The number of morpholine rings is 1.